The molecule has 0 amide bonds. The van der Waals surface area contributed by atoms with Crippen molar-refractivity contribution in [3.05, 3.63) is 23.3 Å². The maximum atomic E-state index is 10.5. The van der Waals surface area contributed by atoms with E-state index in [2.05, 4.69) is 41.5 Å². The molecule has 0 spiro atoms. The van der Waals surface area contributed by atoms with Gasteiger partial charge >= 0.3 is 0 Å². The summed E-state index contributed by atoms with van der Waals surface area (Å²) in [6, 6.07) is 3.72. The number of phenolic OH excluding ortho intramolecular Hbond substituents is 1. The van der Waals surface area contributed by atoms with E-state index in [1.807, 2.05) is 12.1 Å². The second-order valence-corrected chi connectivity index (χ2v) is 6.94. The van der Waals surface area contributed by atoms with Gasteiger partial charge in [0.05, 0.1) is 6.61 Å². The predicted octanol–water partition coefficient (Wildman–Crippen LogP) is 3.36. The fourth-order valence-corrected chi connectivity index (χ4v) is 2.00. The summed E-state index contributed by atoms with van der Waals surface area (Å²) in [5, 5.41) is 19.4. The molecule has 0 atom stereocenters. The van der Waals surface area contributed by atoms with Crippen molar-refractivity contribution in [3.63, 3.8) is 0 Å². The lowest BCUT2D eigenvalue weighted by Crippen LogP contribution is -2.17. The minimum atomic E-state index is -0.164. The Morgan fingerprint density at radius 1 is 0.947 bits per heavy atom. The molecule has 3 heteroatoms. The molecule has 0 unspecified atom stereocenters. The van der Waals surface area contributed by atoms with Crippen LogP contribution in [0.25, 0.3) is 0 Å². The minimum absolute atomic E-state index is 0.0173. The highest BCUT2D eigenvalue weighted by molar-refractivity contribution is 5.51. The lowest BCUT2D eigenvalue weighted by atomic mass is 9.79. The smallest absolute Gasteiger partial charge is 0.123 e. The lowest BCUT2D eigenvalue weighted by molar-refractivity contribution is 0.200. The number of ether oxygens (including phenoxy) is 1. The number of phenols is 1. The van der Waals surface area contributed by atoms with Gasteiger partial charge in [0, 0.05) is 11.1 Å². The first-order valence-electron chi connectivity index (χ1n) is 6.69. The van der Waals surface area contributed by atoms with Gasteiger partial charge in [0.2, 0.25) is 0 Å². The lowest BCUT2D eigenvalue weighted by Gasteiger charge is -2.28. The number of aliphatic hydroxyl groups excluding tert-OH is 1. The second kappa shape index (κ2) is 5.41. The number of benzene rings is 1. The molecule has 0 fully saturated rings. The summed E-state index contributed by atoms with van der Waals surface area (Å²) in [5.41, 5.74) is 1.41. The molecule has 0 saturated heterocycles. The van der Waals surface area contributed by atoms with Crippen LogP contribution in [0.15, 0.2) is 12.1 Å². The van der Waals surface area contributed by atoms with E-state index in [1.165, 1.54) is 0 Å². The van der Waals surface area contributed by atoms with Crippen molar-refractivity contribution in [2.75, 3.05) is 13.2 Å². The number of aromatic hydroxyl groups is 1. The largest absolute Gasteiger partial charge is 0.507 e. The summed E-state index contributed by atoms with van der Waals surface area (Å²) < 4.78 is 5.52. The Hall–Kier alpha value is -1.22. The van der Waals surface area contributed by atoms with Crippen molar-refractivity contribution in [3.8, 4) is 11.5 Å². The highest BCUT2D eigenvalue weighted by Crippen LogP contribution is 2.41. The van der Waals surface area contributed by atoms with Gasteiger partial charge < -0.3 is 14.9 Å². The maximum Gasteiger partial charge on any atom is 0.123 e. The zero-order valence-corrected chi connectivity index (χ0v) is 12.9. The van der Waals surface area contributed by atoms with Crippen LogP contribution < -0.4 is 4.74 Å². The molecule has 2 N–H and O–H groups in total. The van der Waals surface area contributed by atoms with Crippen molar-refractivity contribution in [1.29, 1.82) is 0 Å². The van der Waals surface area contributed by atoms with Crippen LogP contribution in [0.2, 0.25) is 0 Å². The highest BCUT2D eigenvalue weighted by atomic mass is 16.5. The first kappa shape index (κ1) is 15.8. The van der Waals surface area contributed by atoms with Crippen molar-refractivity contribution in [1.82, 2.24) is 0 Å². The molecule has 1 rings (SSSR count). The van der Waals surface area contributed by atoms with Crippen LogP contribution in [-0.2, 0) is 10.8 Å². The molecule has 0 heterocycles. The van der Waals surface area contributed by atoms with Crippen LogP contribution in [-0.4, -0.2) is 23.4 Å². The molecule has 0 aliphatic carbocycles. The Balaban J connectivity index is 3.39. The van der Waals surface area contributed by atoms with Crippen molar-refractivity contribution < 1.29 is 14.9 Å². The van der Waals surface area contributed by atoms with Crippen molar-refractivity contribution in [2.24, 2.45) is 0 Å². The van der Waals surface area contributed by atoms with E-state index < -0.39 is 0 Å². The average Bonchev–Trinajstić information content (AvgIpc) is 2.24. The first-order valence-corrected chi connectivity index (χ1v) is 6.69. The summed E-state index contributed by atoms with van der Waals surface area (Å²) in [6.45, 7) is 12.6. The third-order valence-electron chi connectivity index (χ3n) is 3.06. The van der Waals surface area contributed by atoms with E-state index in [4.69, 9.17) is 9.84 Å². The van der Waals surface area contributed by atoms with E-state index in [1.54, 1.807) is 0 Å². The third kappa shape index (κ3) is 3.87. The Kier molecular flexibility index (Phi) is 4.51. The Labute approximate surface area is 116 Å². The second-order valence-electron chi connectivity index (χ2n) is 6.94. The SMILES string of the molecule is CC(C)(C)c1cc(OCCO)cc(C(C)(C)C)c1O. The molecule has 108 valence electrons. The van der Waals surface area contributed by atoms with Crippen molar-refractivity contribution >= 4 is 0 Å². The van der Waals surface area contributed by atoms with Gasteiger partial charge in [-0.15, -0.1) is 0 Å². The summed E-state index contributed by atoms with van der Waals surface area (Å²) in [6.07, 6.45) is 0. The molecule has 0 bridgehead atoms. The van der Waals surface area contributed by atoms with E-state index in [-0.39, 0.29) is 24.0 Å². The summed E-state index contributed by atoms with van der Waals surface area (Å²) in [4.78, 5) is 0. The average molecular weight is 266 g/mol. The van der Waals surface area contributed by atoms with Gasteiger partial charge in [-0.25, -0.2) is 0 Å². The maximum absolute atomic E-state index is 10.5. The van der Waals surface area contributed by atoms with Crippen LogP contribution in [0.5, 0.6) is 11.5 Å². The van der Waals surface area contributed by atoms with Gasteiger partial charge in [-0.1, -0.05) is 41.5 Å². The topological polar surface area (TPSA) is 49.7 Å². The first-order chi connectivity index (χ1) is 8.57. The summed E-state index contributed by atoms with van der Waals surface area (Å²) in [5.74, 6) is 1.04. The zero-order valence-electron chi connectivity index (χ0n) is 12.9. The monoisotopic (exact) mass is 266 g/mol. The molecule has 0 aromatic heterocycles. The molecule has 0 aliphatic rings. The van der Waals surface area contributed by atoms with Crippen LogP contribution >= 0.6 is 0 Å². The van der Waals surface area contributed by atoms with Gasteiger partial charge in [-0.2, -0.15) is 0 Å². The highest BCUT2D eigenvalue weighted by Gasteiger charge is 2.26. The fraction of sp³-hybridized carbons (Fsp3) is 0.625. The van der Waals surface area contributed by atoms with Crippen LogP contribution in [0.1, 0.15) is 52.7 Å². The Morgan fingerprint density at radius 3 is 1.68 bits per heavy atom. The van der Waals surface area contributed by atoms with E-state index in [9.17, 15) is 5.11 Å². The Morgan fingerprint density at radius 2 is 1.37 bits per heavy atom. The Bertz CT molecular complexity index is 401. The van der Waals surface area contributed by atoms with E-state index in [0.29, 0.717) is 11.5 Å². The van der Waals surface area contributed by atoms with Crippen LogP contribution in [0.3, 0.4) is 0 Å². The number of hydrogen-bond donors (Lipinski definition) is 2. The molecule has 1 aromatic rings. The number of hydrogen-bond acceptors (Lipinski definition) is 3. The van der Waals surface area contributed by atoms with Gasteiger partial charge in [-0.3, -0.25) is 0 Å². The molecule has 0 aliphatic heterocycles. The van der Waals surface area contributed by atoms with Gasteiger partial charge in [0.25, 0.3) is 0 Å². The number of aliphatic hydroxyl groups is 1. The third-order valence-corrected chi connectivity index (χ3v) is 3.06. The normalized spacial score (nSPS) is 12.6. The molecule has 0 saturated carbocycles. The van der Waals surface area contributed by atoms with Crippen LogP contribution in [0.4, 0.5) is 0 Å². The molecule has 19 heavy (non-hydrogen) atoms. The van der Waals surface area contributed by atoms with E-state index >= 15 is 0 Å². The van der Waals surface area contributed by atoms with Crippen molar-refractivity contribution in [2.45, 2.75) is 52.4 Å². The molecular formula is C16H26O3. The fourth-order valence-electron chi connectivity index (χ4n) is 2.00. The quantitative estimate of drug-likeness (QED) is 0.882. The number of rotatable bonds is 3. The van der Waals surface area contributed by atoms with Gasteiger partial charge in [-0.05, 0) is 23.0 Å². The summed E-state index contributed by atoms with van der Waals surface area (Å²) in [7, 11) is 0. The van der Waals surface area contributed by atoms with E-state index in [0.717, 1.165) is 11.1 Å². The molecule has 1 aromatic carbocycles. The van der Waals surface area contributed by atoms with Gasteiger partial charge in [0.1, 0.15) is 18.1 Å². The predicted molar refractivity (Wildman–Crippen MR) is 78.1 cm³/mol. The minimum Gasteiger partial charge on any atom is -0.507 e. The summed E-state index contributed by atoms with van der Waals surface area (Å²) >= 11 is 0. The zero-order chi connectivity index (χ0) is 14.8. The van der Waals surface area contributed by atoms with Crippen LogP contribution in [0, 0.1) is 0 Å². The molecule has 3 nitrogen and oxygen atoms in total. The molecular weight excluding hydrogens is 240 g/mol. The molecule has 0 radical (unpaired) electrons. The standard InChI is InChI=1S/C16H26O3/c1-15(2,3)12-9-11(19-8-7-17)10-13(14(12)18)16(4,5)6/h9-10,17-18H,7-8H2,1-6H3. The van der Waals surface area contributed by atoms with Gasteiger partial charge in [0.15, 0.2) is 0 Å².